The minimum Gasteiger partial charge on any atom is -0.457 e. The topological polar surface area (TPSA) is 130 Å². The Kier molecular flexibility index (Phi) is 8.00. The lowest BCUT2D eigenvalue weighted by atomic mass is 9.83. The first kappa shape index (κ1) is 29.7. The Hall–Kier alpha value is -5.03. The van der Waals surface area contributed by atoms with Crippen LogP contribution in [0.1, 0.15) is 74.0 Å². The Balaban J connectivity index is 1.26. The number of aromatic nitrogens is 3. The largest absolute Gasteiger partial charge is 0.519 e. The minimum atomic E-state index is -0.836. The number of amides is 1. The Morgan fingerprint density at radius 3 is 2.65 bits per heavy atom. The van der Waals surface area contributed by atoms with Crippen LogP contribution in [-0.4, -0.2) is 44.9 Å². The SMILES string of the molecule is Cc1oc(=O)oc1COC(=O)CC1c2ccc3c(c2)CN(CC3)C(=O)c2ccc(cc2)COCCCn2nnc3c(C)c1ccc32. The number of hydrogen-bond donors (Lipinski definition) is 0. The van der Waals surface area contributed by atoms with E-state index in [1.54, 1.807) is 6.92 Å². The highest BCUT2D eigenvalue weighted by Gasteiger charge is 2.27. The molecular formula is C35H34N4O7. The van der Waals surface area contributed by atoms with Gasteiger partial charge in [0.25, 0.3) is 5.91 Å². The van der Waals surface area contributed by atoms with Crippen LogP contribution in [0.3, 0.4) is 0 Å². The molecule has 5 aromatic rings. The van der Waals surface area contributed by atoms with E-state index < -0.39 is 11.8 Å². The van der Waals surface area contributed by atoms with Crippen LogP contribution in [0.25, 0.3) is 11.0 Å². The fourth-order valence-electron chi connectivity index (χ4n) is 6.41. The first-order chi connectivity index (χ1) is 22.3. The lowest BCUT2D eigenvalue weighted by Crippen LogP contribution is -2.36. The summed E-state index contributed by atoms with van der Waals surface area (Å²) in [5.41, 5.74) is 8.36. The van der Waals surface area contributed by atoms with Gasteiger partial charge in [-0.15, -0.1) is 5.10 Å². The third-order valence-corrected chi connectivity index (χ3v) is 8.99. The van der Waals surface area contributed by atoms with E-state index >= 15 is 0 Å². The summed E-state index contributed by atoms with van der Waals surface area (Å²) in [6.07, 6.45) is 1.53. The lowest BCUT2D eigenvalue weighted by molar-refractivity contribution is -0.145. The molecule has 1 atom stereocenters. The molecule has 1 amide bonds. The standard InChI is InChI=1S/C35H34N4O7/c1-21-28-10-11-30-33(21)36-37-39(30)13-3-15-43-19-23-4-6-25(7-5-23)34(41)38-14-12-24-8-9-26(16-27(24)18-38)29(28)17-32(40)44-20-31-22(2)45-35(42)46-31/h4-11,16,29H,3,12-15,17-20H2,1-2H3. The summed E-state index contributed by atoms with van der Waals surface area (Å²) in [5, 5.41) is 8.96. The number of rotatable bonds is 4. The van der Waals surface area contributed by atoms with Gasteiger partial charge in [0.05, 0.1) is 18.5 Å². The van der Waals surface area contributed by atoms with Gasteiger partial charge in [-0.1, -0.05) is 41.6 Å². The summed E-state index contributed by atoms with van der Waals surface area (Å²) in [4.78, 5) is 40.2. The van der Waals surface area contributed by atoms with Crippen molar-refractivity contribution in [1.82, 2.24) is 19.9 Å². The number of benzene rings is 3. The van der Waals surface area contributed by atoms with E-state index in [4.69, 9.17) is 18.3 Å². The molecule has 0 spiro atoms. The van der Waals surface area contributed by atoms with Crippen molar-refractivity contribution < 1.29 is 27.9 Å². The van der Waals surface area contributed by atoms with E-state index in [-0.39, 0.29) is 36.4 Å². The highest BCUT2D eigenvalue weighted by Crippen LogP contribution is 2.36. The molecule has 2 aromatic heterocycles. The van der Waals surface area contributed by atoms with Gasteiger partial charge in [-0.2, -0.15) is 0 Å². The maximum absolute atomic E-state index is 13.5. The van der Waals surface area contributed by atoms with Crippen molar-refractivity contribution in [2.24, 2.45) is 0 Å². The van der Waals surface area contributed by atoms with Gasteiger partial charge in [0.1, 0.15) is 5.52 Å². The molecule has 0 N–H and O–H groups in total. The second kappa shape index (κ2) is 12.4. The zero-order chi connectivity index (χ0) is 31.8. The highest BCUT2D eigenvalue weighted by atomic mass is 16.6. The number of nitrogens with zero attached hydrogens (tertiary/aromatic N) is 4. The fraction of sp³-hybridized carbons (Fsp3) is 0.343. The third-order valence-electron chi connectivity index (χ3n) is 8.99. The predicted octanol–water partition coefficient (Wildman–Crippen LogP) is 4.98. The summed E-state index contributed by atoms with van der Waals surface area (Å²) in [5.74, 6) is -1.22. The fourth-order valence-corrected chi connectivity index (χ4v) is 6.41. The first-order valence-corrected chi connectivity index (χ1v) is 15.5. The van der Waals surface area contributed by atoms with E-state index in [0.29, 0.717) is 38.4 Å². The second-order valence-corrected chi connectivity index (χ2v) is 11.9. The van der Waals surface area contributed by atoms with Gasteiger partial charge in [0.15, 0.2) is 18.1 Å². The van der Waals surface area contributed by atoms with Crippen molar-refractivity contribution in [3.05, 3.63) is 116 Å². The van der Waals surface area contributed by atoms with Gasteiger partial charge in [-0.05, 0) is 78.3 Å². The average molecular weight is 623 g/mol. The van der Waals surface area contributed by atoms with Crippen molar-refractivity contribution in [1.29, 1.82) is 0 Å². The Labute approximate surface area is 264 Å². The summed E-state index contributed by atoms with van der Waals surface area (Å²) in [6.45, 7) is 6.13. The average Bonchev–Trinajstić information content (AvgIpc) is 3.63. The number of hydrogen-bond acceptors (Lipinski definition) is 9. The van der Waals surface area contributed by atoms with Crippen molar-refractivity contribution in [2.45, 2.75) is 65.3 Å². The third kappa shape index (κ3) is 5.85. The zero-order valence-corrected chi connectivity index (χ0v) is 25.8. The number of carbonyl (C=O) groups is 2. The lowest BCUT2D eigenvalue weighted by Gasteiger charge is -2.30. The van der Waals surface area contributed by atoms with Gasteiger partial charge in [-0.25, -0.2) is 9.48 Å². The van der Waals surface area contributed by atoms with E-state index in [2.05, 4.69) is 28.5 Å². The molecule has 11 heteroatoms. The van der Waals surface area contributed by atoms with Crippen molar-refractivity contribution in [3.8, 4) is 0 Å². The summed E-state index contributed by atoms with van der Waals surface area (Å²) < 4.78 is 23.3. The van der Waals surface area contributed by atoms with E-state index in [9.17, 15) is 14.4 Å². The van der Waals surface area contributed by atoms with Crippen LogP contribution < -0.4 is 5.82 Å². The first-order valence-electron chi connectivity index (χ1n) is 15.5. The Morgan fingerprint density at radius 2 is 1.85 bits per heavy atom. The van der Waals surface area contributed by atoms with Gasteiger partial charge < -0.3 is 23.2 Å². The van der Waals surface area contributed by atoms with Crippen molar-refractivity contribution in [3.63, 3.8) is 0 Å². The molecule has 5 aliphatic rings. The van der Waals surface area contributed by atoms with Crippen LogP contribution in [0, 0.1) is 13.8 Å². The van der Waals surface area contributed by atoms with Gasteiger partial charge in [0, 0.05) is 37.7 Å². The summed E-state index contributed by atoms with van der Waals surface area (Å²) >= 11 is 0. The zero-order valence-electron chi connectivity index (χ0n) is 25.8. The van der Waals surface area contributed by atoms with Crippen LogP contribution in [0.4, 0.5) is 0 Å². The molecular weight excluding hydrogens is 588 g/mol. The van der Waals surface area contributed by atoms with Crippen LogP contribution in [0.2, 0.25) is 0 Å². The molecule has 0 saturated carbocycles. The van der Waals surface area contributed by atoms with E-state index in [1.165, 1.54) is 5.56 Å². The summed E-state index contributed by atoms with van der Waals surface area (Å²) in [7, 11) is 0. The molecule has 5 aliphatic heterocycles. The number of carbonyl (C=O) groups excluding carboxylic acids is 2. The monoisotopic (exact) mass is 622 g/mol. The van der Waals surface area contributed by atoms with Gasteiger partial charge >= 0.3 is 11.8 Å². The molecule has 236 valence electrons. The number of esters is 1. The molecule has 0 saturated heterocycles. The molecule has 0 aliphatic carbocycles. The Morgan fingerprint density at radius 1 is 1.00 bits per heavy atom. The van der Waals surface area contributed by atoms with Gasteiger partial charge in [-0.3, -0.25) is 9.59 Å². The van der Waals surface area contributed by atoms with Crippen LogP contribution >= 0.6 is 0 Å². The molecule has 7 heterocycles. The number of ether oxygens (including phenoxy) is 2. The summed E-state index contributed by atoms with van der Waals surface area (Å²) in [6, 6.07) is 17.9. The van der Waals surface area contributed by atoms with Crippen LogP contribution in [-0.2, 0) is 47.0 Å². The smallest absolute Gasteiger partial charge is 0.457 e. The molecule has 0 radical (unpaired) electrons. The highest BCUT2D eigenvalue weighted by molar-refractivity contribution is 5.94. The van der Waals surface area contributed by atoms with Crippen LogP contribution in [0.5, 0.6) is 0 Å². The molecule has 9 bridgehead atoms. The van der Waals surface area contributed by atoms with Crippen molar-refractivity contribution >= 4 is 22.9 Å². The predicted molar refractivity (Wildman–Crippen MR) is 166 cm³/mol. The quantitative estimate of drug-likeness (QED) is 0.255. The van der Waals surface area contributed by atoms with Crippen LogP contribution in [0.15, 0.2) is 68.2 Å². The maximum atomic E-state index is 13.5. The molecule has 0 fully saturated rings. The molecule has 10 rings (SSSR count). The number of aryl methyl sites for hydroxylation is 3. The minimum absolute atomic E-state index is 0.0144. The second-order valence-electron chi connectivity index (χ2n) is 11.9. The van der Waals surface area contributed by atoms with E-state index in [0.717, 1.165) is 51.7 Å². The van der Waals surface area contributed by atoms with Gasteiger partial charge in [0.2, 0.25) is 0 Å². The molecule has 1 unspecified atom stereocenters. The maximum Gasteiger partial charge on any atom is 0.519 e. The Bertz CT molecular complexity index is 1990. The van der Waals surface area contributed by atoms with Crippen molar-refractivity contribution in [2.75, 3.05) is 13.2 Å². The van der Waals surface area contributed by atoms with E-state index in [1.807, 2.05) is 52.9 Å². The normalized spacial score (nSPS) is 16.8. The molecule has 3 aromatic carbocycles. The molecule has 46 heavy (non-hydrogen) atoms. The molecule has 11 nitrogen and oxygen atoms in total.